The van der Waals surface area contributed by atoms with E-state index in [1.54, 1.807) is 24.3 Å². The van der Waals surface area contributed by atoms with Crippen LogP contribution in [0.3, 0.4) is 0 Å². The van der Waals surface area contributed by atoms with Crippen LogP contribution in [0.15, 0.2) is 40.9 Å². The largest absolute Gasteiger partial charge is 0.493 e. The number of carbonyl (C=O) groups is 2. The number of Topliss-reactive ketones (excluding diaryl/α,β-unsaturated/α-hetero) is 1. The zero-order valence-electron chi connectivity index (χ0n) is 15.2. The molecule has 7 heteroatoms. The Balaban J connectivity index is 1.77. The van der Waals surface area contributed by atoms with Crippen LogP contribution in [-0.2, 0) is 11.3 Å². The van der Waals surface area contributed by atoms with E-state index >= 15 is 0 Å². The van der Waals surface area contributed by atoms with Crippen molar-refractivity contribution in [3.63, 3.8) is 0 Å². The van der Waals surface area contributed by atoms with Crippen molar-refractivity contribution in [2.45, 2.75) is 26.3 Å². The molecule has 0 spiro atoms. The van der Waals surface area contributed by atoms with Gasteiger partial charge in [0.05, 0.1) is 13.7 Å². The Bertz CT molecular complexity index is 826. The zero-order chi connectivity index (χ0) is 19.8. The van der Waals surface area contributed by atoms with E-state index in [4.69, 9.17) is 9.47 Å². The Morgan fingerprint density at radius 3 is 2.63 bits per heavy atom. The van der Waals surface area contributed by atoms with Crippen molar-refractivity contribution >= 4 is 27.6 Å². The highest BCUT2D eigenvalue weighted by molar-refractivity contribution is 9.10. The highest BCUT2D eigenvalue weighted by Crippen LogP contribution is 2.28. The number of rotatable bonds is 9. The summed E-state index contributed by atoms with van der Waals surface area (Å²) in [7, 11) is 1.50. The van der Waals surface area contributed by atoms with Crippen LogP contribution < -0.4 is 14.8 Å². The summed E-state index contributed by atoms with van der Waals surface area (Å²) in [5, 5.41) is 2.75. The van der Waals surface area contributed by atoms with E-state index in [0.29, 0.717) is 35.7 Å². The van der Waals surface area contributed by atoms with E-state index in [-0.39, 0.29) is 30.5 Å². The normalized spacial score (nSPS) is 10.4. The van der Waals surface area contributed by atoms with Crippen LogP contribution in [0, 0.1) is 5.82 Å². The van der Waals surface area contributed by atoms with Gasteiger partial charge in [0.25, 0.3) is 0 Å². The summed E-state index contributed by atoms with van der Waals surface area (Å²) in [4.78, 5) is 23.3. The highest BCUT2D eigenvalue weighted by Gasteiger charge is 2.09. The fourth-order valence-corrected chi connectivity index (χ4v) is 2.77. The molecule has 144 valence electrons. The Labute approximate surface area is 166 Å². The van der Waals surface area contributed by atoms with Crippen LogP contribution in [-0.4, -0.2) is 25.4 Å². The third kappa shape index (κ3) is 6.36. The predicted molar refractivity (Wildman–Crippen MR) is 104 cm³/mol. The molecule has 0 aliphatic carbocycles. The Morgan fingerprint density at radius 2 is 1.93 bits per heavy atom. The van der Waals surface area contributed by atoms with Crippen LogP contribution >= 0.6 is 15.9 Å². The number of halogens is 2. The molecule has 0 aliphatic heterocycles. The molecular formula is C20H21BrFNO4. The standard InChI is InChI=1S/C20H21BrFNO4/c1-13(24)14-5-8-18(19(11-14)26-2)27-9-3-4-20(25)23-12-15-10-16(22)6-7-17(15)21/h5-8,10-11H,3-4,9,12H2,1-2H3,(H,23,25). The van der Waals surface area contributed by atoms with Gasteiger partial charge in [0, 0.05) is 23.0 Å². The number of amides is 1. The molecule has 0 unspecified atom stereocenters. The van der Waals surface area contributed by atoms with E-state index in [1.807, 2.05) is 0 Å². The molecule has 0 saturated heterocycles. The van der Waals surface area contributed by atoms with Crippen LogP contribution in [0.5, 0.6) is 11.5 Å². The lowest BCUT2D eigenvalue weighted by Gasteiger charge is -2.12. The van der Waals surface area contributed by atoms with Gasteiger partial charge in [-0.05, 0) is 55.3 Å². The molecule has 0 heterocycles. The summed E-state index contributed by atoms with van der Waals surface area (Å²) in [6.45, 7) is 2.06. The molecular weight excluding hydrogens is 417 g/mol. The second-order valence-electron chi connectivity index (χ2n) is 5.89. The first-order valence-electron chi connectivity index (χ1n) is 8.43. The van der Waals surface area contributed by atoms with Crippen LogP contribution in [0.4, 0.5) is 4.39 Å². The lowest BCUT2D eigenvalue weighted by atomic mass is 10.1. The van der Waals surface area contributed by atoms with E-state index in [2.05, 4.69) is 21.2 Å². The number of nitrogens with one attached hydrogen (secondary N) is 1. The smallest absolute Gasteiger partial charge is 0.220 e. The maximum absolute atomic E-state index is 13.2. The van der Waals surface area contributed by atoms with Gasteiger partial charge in [-0.3, -0.25) is 9.59 Å². The molecule has 0 bridgehead atoms. The lowest BCUT2D eigenvalue weighted by molar-refractivity contribution is -0.121. The predicted octanol–water partition coefficient (Wildman–Crippen LogP) is 4.27. The average Bonchev–Trinajstić information content (AvgIpc) is 2.65. The Hall–Kier alpha value is -2.41. The van der Waals surface area contributed by atoms with E-state index in [1.165, 1.54) is 26.2 Å². The highest BCUT2D eigenvalue weighted by atomic mass is 79.9. The van der Waals surface area contributed by atoms with Gasteiger partial charge in [0.2, 0.25) is 5.91 Å². The van der Waals surface area contributed by atoms with Crippen molar-refractivity contribution in [3.8, 4) is 11.5 Å². The second kappa shape index (κ2) is 10.1. The first kappa shape index (κ1) is 20.9. The molecule has 0 aliphatic rings. The number of hydrogen-bond donors (Lipinski definition) is 1. The number of ketones is 1. The summed E-state index contributed by atoms with van der Waals surface area (Å²) in [6, 6.07) is 9.31. The first-order chi connectivity index (χ1) is 12.9. The molecule has 0 saturated carbocycles. The average molecular weight is 438 g/mol. The fraction of sp³-hybridized carbons (Fsp3) is 0.300. The first-order valence-corrected chi connectivity index (χ1v) is 9.22. The van der Waals surface area contributed by atoms with Crippen molar-refractivity contribution in [3.05, 3.63) is 57.8 Å². The molecule has 2 aromatic rings. The van der Waals surface area contributed by atoms with Gasteiger partial charge in [-0.2, -0.15) is 0 Å². The monoisotopic (exact) mass is 437 g/mol. The molecule has 0 fully saturated rings. The fourth-order valence-electron chi connectivity index (χ4n) is 2.38. The summed E-state index contributed by atoms with van der Waals surface area (Å²) in [5.41, 5.74) is 1.22. The SMILES string of the molecule is COc1cc(C(C)=O)ccc1OCCCC(=O)NCc1cc(F)ccc1Br. The molecule has 5 nitrogen and oxygen atoms in total. The molecule has 27 heavy (non-hydrogen) atoms. The number of carbonyl (C=O) groups excluding carboxylic acids is 2. The third-order valence-corrected chi connectivity index (χ3v) is 4.63. The van der Waals surface area contributed by atoms with Gasteiger partial charge in [-0.25, -0.2) is 4.39 Å². The maximum Gasteiger partial charge on any atom is 0.220 e. The van der Waals surface area contributed by atoms with Crippen molar-refractivity contribution in [1.29, 1.82) is 0 Å². The van der Waals surface area contributed by atoms with E-state index < -0.39 is 0 Å². The van der Waals surface area contributed by atoms with Crippen LogP contribution in [0.1, 0.15) is 35.7 Å². The van der Waals surface area contributed by atoms with Gasteiger partial charge in [0.1, 0.15) is 5.82 Å². The van der Waals surface area contributed by atoms with Crippen LogP contribution in [0.25, 0.3) is 0 Å². The van der Waals surface area contributed by atoms with Crippen molar-refractivity contribution in [1.82, 2.24) is 5.32 Å². The molecule has 2 rings (SSSR count). The molecule has 2 aromatic carbocycles. The van der Waals surface area contributed by atoms with E-state index in [0.717, 1.165) is 4.47 Å². The Morgan fingerprint density at radius 1 is 1.15 bits per heavy atom. The minimum absolute atomic E-state index is 0.0542. The zero-order valence-corrected chi connectivity index (χ0v) is 16.8. The summed E-state index contributed by atoms with van der Waals surface area (Å²) >= 11 is 3.33. The third-order valence-electron chi connectivity index (χ3n) is 3.86. The summed E-state index contributed by atoms with van der Waals surface area (Å²) in [5.74, 6) is 0.449. The quantitative estimate of drug-likeness (QED) is 0.469. The van der Waals surface area contributed by atoms with Gasteiger partial charge < -0.3 is 14.8 Å². The Kier molecular flexibility index (Phi) is 7.79. The van der Waals surface area contributed by atoms with Crippen molar-refractivity contribution < 1.29 is 23.5 Å². The molecule has 0 radical (unpaired) electrons. The topological polar surface area (TPSA) is 64.6 Å². The number of hydrogen-bond acceptors (Lipinski definition) is 4. The van der Waals surface area contributed by atoms with Crippen LogP contribution in [0.2, 0.25) is 0 Å². The molecule has 0 aromatic heterocycles. The van der Waals surface area contributed by atoms with Crippen molar-refractivity contribution in [2.24, 2.45) is 0 Å². The minimum atomic E-state index is -0.347. The molecule has 1 N–H and O–H groups in total. The molecule has 0 atom stereocenters. The summed E-state index contributed by atoms with van der Waals surface area (Å²) < 4.78 is 24.8. The van der Waals surface area contributed by atoms with E-state index in [9.17, 15) is 14.0 Å². The number of methoxy groups -OCH3 is 1. The van der Waals surface area contributed by atoms with Gasteiger partial charge in [-0.15, -0.1) is 0 Å². The minimum Gasteiger partial charge on any atom is -0.493 e. The second-order valence-corrected chi connectivity index (χ2v) is 6.74. The van der Waals surface area contributed by atoms with Gasteiger partial charge in [-0.1, -0.05) is 15.9 Å². The van der Waals surface area contributed by atoms with Gasteiger partial charge >= 0.3 is 0 Å². The maximum atomic E-state index is 13.2. The lowest BCUT2D eigenvalue weighted by Crippen LogP contribution is -2.23. The number of benzene rings is 2. The van der Waals surface area contributed by atoms with Crippen molar-refractivity contribution in [2.75, 3.05) is 13.7 Å². The summed E-state index contributed by atoms with van der Waals surface area (Å²) in [6.07, 6.45) is 0.786. The molecule has 1 amide bonds. The van der Waals surface area contributed by atoms with Gasteiger partial charge in [0.15, 0.2) is 17.3 Å². The number of ether oxygens (including phenoxy) is 2.